The SMILES string of the molecule is CNCC1CC1C1CCC(C)CC1. The van der Waals surface area contributed by atoms with Crippen LogP contribution in [0.5, 0.6) is 0 Å². The highest BCUT2D eigenvalue weighted by molar-refractivity contribution is 4.93. The van der Waals surface area contributed by atoms with Gasteiger partial charge in [-0.25, -0.2) is 0 Å². The Labute approximate surface area is 82.3 Å². The molecule has 0 amide bonds. The van der Waals surface area contributed by atoms with Gasteiger partial charge in [0.15, 0.2) is 0 Å². The van der Waals surface area contributed by atoms with E-state index < -0.39 is 0 Å². The van der Waals surface area contributed by atoms with E-state index in [0.29, 0.717) is 0 Å². The molecule has 0 aliphatic heterocycles. The topological polar surface area (TPSA) is 12.0 Å². The van der Waals surface area contributed by atoms with Crippen LogP contribution in [0.2, 0.25) is 0 Å². The molecule has 0 radical (unpaired) electrons. The van der Waals surface area contributed by atoms with Crippen molar-refractivity contribution in [2.24, 2.45) is 23.7 Å². The maximum atomic E-state index is 3.31. The predicted molar refractivity (Wildman–Crippen MR) is 56.6 cm³/mol. The van der Waals surface area contributed by atoms with E-state index in [-0.39, 0.29) is 0 Å². The molecule has 0 aromatic carbocycles. The van der Waals surface area contributed by atoms with Crippen molar-refractivity contribution in [3.63, 3.8) is 0 Å². The summed E-state index contributed by atoms with van der Waals surface area (Å²) in [5.41, 5.74) is 0. The van der Waals surface area contributed by atoms with Gasteiger partial charge in [0.1, 0.15) is 0 Å². The van der Waals surface area contributed by atoms with E-state index in [1.165, 1.54) is 38.6 Å². The first-order chi connectivity index (χ1) is 6.31. The molecule has 0 saturated heterocycles. The minimum atomic E-state index is 1.01. The highest BCUT2D eigenvalue weighted by atomic mass is 14.8. The van der Waals surface area contributed by atoms with Gasteiger partial charge in [0.05, 0.1) is 0 Å². The van der Waals surface area contributed by atoms with Crippen molar-refractivity contribution in [1.82, 2.24) is 5.32 Å². The average molecular weight is 181 g/mol. The molecule has 0 heterocycles. The van der Waals surface area contributed by atoms with Crippen LogP contribution in [0.3, 0.4) is 0 Å². The molecule has 2 atom stereocenters. The lowest BCUT2D eigenvalue weighted by molar-refractivity contribution is 0.256. The molecule has 2 aliphatic rings. The van der Waals surface area contributed by atoms with E-state index in [1.54, 1.807) is 0 Å². The van der Waals surface area contributed by atoms with E-state index >= 15 is 0 Å². The third-order valence-corrected chi connectivity index (χ3v) is 4.11. The summed E-state index contributed by atoms with van der Waals surface area (Å²) in [5.74, 6) is 4.23. The number of nitrogens with one attached hydrogen (secondary N) is 1. The lowest BCUT2D eigenvalue weighted by atomic mass is 9.80. The van der Waals surface area contributed by atoms with E-state index in [9.17, 15) is 0 Å². The van der Waals surface area contributed by atoms with Crippen LogP contribution in [-0.2, 0) is 0 Å². The van der Waals surface area contributed by atoms with Gasteiger partial charge in [0.25, 0.3) is 0 Å². The standard InChI is InChI=1S/C12H23N/c1-9-3-5-10(6-4-9)12-7-11(12)8-13-2/h9-13H,3-8H2,1-2H3. The van der Waals surface area contributed by atoms with E-state index in [0.717, 1.165) is 23.7 Å². The second-order valence-corrected chi connectivity index (χ2v) is 5.24. The number of rotatable bonds is 3. The Morgan fingerprint density at radius 3 is 2.46 bits per heavy atom. The van der Waals surface area contributed by atoms with Gasteiger partial charge in [0.2, 0.25) is 0 Å². The minimum Gasteiger partial charge on any atom is -0.319 e. The summed E-state index contributed by atoms with van der Waals surface area (Å²) >= 11 is 0. The molecule has 0 aromatic heterocycles. The van der Waals surface area contributed by atoms with Crippen LogP contribution >= 0.6 is 0 Å². The van der Waals surface area contributed by atoms with Crippen molar-refractivity contribution in [2.45, 2.75) is 39.0 Å². The molecular formula is C12H23N. The third-order valence-electron chi connectivity index (χ3n) is 4.11. The van der Waals surface area contributed by atoms with Crippen LogP contribution in [0.15, 0.2) is 0 Å². The summed E-state index contributed by atoms with van der Waals surface area (Å²) in [6.07, 6.45) is 7.54. The summed E-state index contributed by atoms with van der Waals surface area (Å²) in [5, 5.41) is 3.31. The molecular weight excluding hydrogens is 158 g/mol. The van der Waals surface area contributed by atoms with Gasteiger partial charge < -0.3 is 5.32 Å². The van der Waals surface area contributed by atoms with Crippen LogP contribution in [0.1, 0.15) is 39.0 Å². The van der Waals surface area contributed by atoms with Crippen molar-refractivity contribution < 1.29 is 0 Å². The molecule has 1 heteroatoms. The van der Waals surface area contributed by atoms with Crippen LogP contribution in [-0.4, -0.2) is 13.6 Å². The first kappa shape index (κ1) is 9.51. The Balaban J connectivity index is 1.71. The minimum absolute atomic E-state index is 1.01. The summed E-state index contributed by atoms with van der Waals surface area (Å²) in [7, 11) is 2.08. The second kappa shape index (κ2) is 4.00. The molecule has 2 saturated carbocycles. The smallest absolute Gasteiger partial charge is 0.00207 e. The summed E-state index contributed by atoms with van der Waals surface area (Å²) in [4.78, 5) is 0. The zero-order chi connectivity index (χ0) is 9.26. The van der Waals surface area contributed by atoms with Crippen LogP contribution in [0.25, 0.3) is 0 Å². The number of hydrogen-bond donors (Lipinski definition) is 1. The molecule has 1 nitrogen and oxygen atoms in total. The largest absolute Gasteiger partial charge is 0.319 e. The average Bonchev–Trinajstić information content (AvgIpc) is 2.86. The Morgan fingerprint density at radius 2 is 1.85 bits per heavy atom. The predicted octanol–water partition coefficient (Wildman–Crippen LogP) is 2.67. The van der Waals surface area contributed by atoms with Gasteiger partial charge in [0, 0.05) is 0 Å². The zero-order valence-electron chi connectivity index (χ0n) is 9.05. The molecule has 2 unspecified atom stereocenters. The van der Waals surface area contributed by atoms with Crippen LogP contribution < -0.4 is 5.32 Å². The lowest BCUT2D eigenvalue weighted by Gasteiger charge is -2.26. The van der Waals surface area contributed by atoms with Gasteiger partial charge in [-0.05, 0) is 56.5 Å². The fourth-order valence-electron chi connectivity index (χ4n) is 3.06. The molecule has 0 spiro atoms. The molecule has 0 aromatic rings. The zero-order valence-corrected chi connectivity index (χ0v) is 9.05. The maximum Gasteiger partial charge on any atom is -0.00207 e. The fraction of sp³-hybridized carbons (Fsp3) is 1.00. The van der Waals surface area contributed by atoms with Crippen LogP contribution in [0, 0.1) is 23.7 Å². The molecule has 0 bridgehead atoms. The Bertz CT molecular complexity index is 159. The van der Waals surface area contributed by atoms with E-state index in [1.807, 2.05) is 0 Å². The fourth-order valence-corrected chi connectivity index (χ4v) is 3.06. The van der Waals surface area contributed by atoms with Crippen LogP contribution in [0.4, 0.5) is 0 Å². The van der Waals surface area contributed by atoms with Crippen molar-refractivity contribution >= 4 is 0 Å². The normalized spacial score (nSPS) is 44.8. The Hall–Kier alpha value is -0.0400. The highest BCUT2D eigenvalue weighted by Gasteiger charge is 2.42. The van der Waals surface area contributed by atoms with Crippen molar-refractivity contribution in [1.29, 1.82) is 0 Å². The lowest BCUT2D eigenvalue weighted by Crippen LogP contribution is -2.17. The Kier molecular flexibility index (Phi) is 2.92. The summed E-state index contributed by atoms with van der Waals surface area (Å²) in [6.45, 7) is 3.67. The highest BCUT2D eigenvalue weighted by Crippen LogP contribution is 2.49. The van der Waals surface area contributed by atoms with Crippen molar-refractivity contribution in [3.05, 3.63) is 0 Å². The molecule has 13 heavy (non-hydrogen) atoms. The second-order valence-electron chi connectivity index (χ2n) is 5.24. The molecule has 76 valence electrons. The van der Waals surface area contributed by atoms with Gasteiger partial charge in [-0.3, -0.25) is 0 Å². The first-order valence-corrected chi connectivity index (χ1v) is 5.96. The van der Waals surface area contributed by atoms with Gasteiger partial charge in [-0.1, -0.05) is 19.8 Å². The molecule has 2 fully saturated rings. The van der Waals surface area contributed by atoms with E-state index in [2.05, 4.69) is 19.3 Å². The molecule has 2 rings (SSSR count). The maximum absolute atomic E-state index is 3.31. The molecule has 2 aliphatic carbocycles. The quantitative estimate of drug-likeness (QED) is 0.706. The van der Waals surface area contributed by atoms with Crippen molar-refractivity contribution in [3.8, 4) is 0 Å². The number of hydrogen-bond acceptors (Lipinski definition) is 1. The van der Waals surface area contributed by atoms with Crippen molar-refractivity contribution in [2.75, 3.05) is 13.6 Å². The summed E-state index contributed by atoms with van der Waals surface area (Å²) in [6, 6.07) is 0. The van der Waals surface area contributed by atoms with Gasteiger partial charge >= 0.3 is 0 Å². The van der Waals surface area contributed by atoms with E-state index in [4.69, 9.17) is 0 Å². The Morgan fingerprint density at radius 1 is 1.15 bits per heavy atom. The van der Waals surface area contributed by atoms with Gasteiger partial charge in [-0.15, -0.1) is 0 Å². The molecule has 1 N–H and O–H groups in total. The summed E-state index contributed by atoms with van der Waals surface area (Å²) < 4.78 is 0. The van der Waals surface area contributed by atoms with Gasteiger partial charge in [-0.2, -0.15) is 0 Å². The monoisotopic (exact) mass is 181 g/mol. The first-order valence-electron chi connectivity index (χ1n) is 5.96. The third kappa shape index (κ3) is 2.25.